The van der Waals surface area contributed by atoms with Crippen molar-refractivity contribution in [3.8, 4) is 0 Å². The van der Waals surface area contributed by atoms with Crippen molar-refractivity contribution < 1.29 is 13.0 Å². The number of rotatable bonds is 2. The molecule has 0 aliphatic rings. The highest BCUT2D eigenvalue weighted by molar-refractivity contribution is 7.90. The van der Waals surface area contributed by atoms with Gasteiger partial charge in [-0.3, -0.25) is 0 Å². The van der Waals surface area contributed by atoms with Gasteiger partial charge in [0.2, 0.25) is 0 Å². The van der Waals surface area contributed by atoms with Gasteiger partial charge in [0.25, 0.3) is 3.67 Å². The highest BCUT2D eigenvalue weighted by Gasteiger charge is 2.39. The fourth-order valence-electron chi connectivity index (χ4n) is 0.0668. The molecule has 0 amide bonds. The Hall–Kier alpha value is 0.780. The Morgan fingerprint density at radius 1 is 1.33 bits per heavy atom. The van der Waals surface area contributed by atoms with Crippen LogP contribution >= 0.6 is 34.8 Å². The molecule has 3 nitrogen and oxygen atoms in total. The van der Waals surface area contributed by atoms with Crippen LogP contribution in [0.2, 0.25) is 0 Å². The predicted octanol–water partition coefficient (Wildman–Crippen LogP) is 1.12. The first kappa shape index (κ1) is 9.78. The molecule has 0 saturated carbocycles. The molecular weight excluding hydrogens is 210 g/mol. The summed E-state index contributed by atoms with van der Waals surface area (Å²) < 4.78 is 27.5. The van der Waals surface area contributed by atoms with Crippen LogP contribution in [-0.2, 0) is 14.7 Å². The normalized spacial score (nSPS) is 13.8. The maximum absolute atomic E-state index is 9.98. The summed E-state index contributed by atoms with van der Waals surface area (Å²) in [6.07, 6.45) is 0. The van der Waals surface area contributed by atoms with Gasteiger partial charge in [-0.1, -0.05) is 27.8 Å². The van der Waals surface area contributed by atoms with Crippen LogP contribution < -0.4 is 0 Å². The lowest BCUT2D eigenvalue weighted by molar-refractivity contribution is 0.409. The highest BCUT2D eigenvalue weighted by Crippen LogP contribution is 2.28. The maximum Gasteiger partial charge on any atom is 0.330 e. The number of halogens is 3. The van der Waals surface area contributed by atoms with Crippen molar-refractivity contribution in [1.82, 2.24) is 0 Å². The van der Waals surface area contributed by atoms with Crippen molar-refractivity contribution in [1.29, 1.82) is 0 Å². The monoisotopic (exact) mass is 211 g/mol. The Morgan fingerprint density at radius 2 is 1.67 bits per heavy atom. The van der Waals surface area contributed by atoms with E-state index in [1.165, 1.54) is 0 Å². The van der Waals surface area contributed by atoms with Crippen LogP contribution in [-0.4, -0.2) is 18.0 Å². The molecule has 0 aliphatic heterocycles. The third-order valence-corrected chi connectivity index (χ3v) is 3.63. The first-order valence-electron chi connectivity index (χ1n) is 1.70. The molecule has 0 aromatic rings. The smallest absolute Gasteiger partial charge is 0.194 e. The van der Waals surface area contributed by atoms with Gasteiger partial charge in [-0.05, 0) is 0 Å². The zero-order valence-electron chi connectivity index (χ0n) is 3.97. The molecule has 0 fully saturated rings. The maximum atomic E-state index is 9.98. The molecule has 55 valence electrons. The Morgan fingerprint density at radius 3 is 1.67 bits per heavy atom. The van der Waals surface area contributed by atoms with E-state index in [1.807, 2.05) is 0 Å². The molecule has 0 heterocycles. The van der Waals surface area contributed by atoms with Crippen molar-refractivity contribution >= 4 is 44.9 Å². The van der Waals surface area contributed by atoms with Crippen LogP contribution in [0, 0.1) is 0 Å². The average molecular weight is 212 g/mol. The Labute approximate surface area is 67.6 Å². The molecule has 7 heteroatoms. The quantitative estimate of drug-likeness (QED) is 0.644. The minimum Gasteiger partial charge on any atom is -0.194 e. The molecule has 0 aromatic heterocycles. The van der Waals surface area contributed by atoms with E-state index in [2.05, 4.69) is 0 Å². The second-order valence-electron chi connectivity index (χ2n) is 1.23. The molecule has 0 rings (SSSR count). The van der Waals surface area contributed by atoms with Crippen LogP contribution in [0.25, 0.3) is 0 Å². The third kappa shape index (κ3) is 2.47. The molecule has 9 heavy (non-hydrogen) atoms. The van der Waals surface area contributed by atoms with E-state index in [9.17, 15) is 13.0 Å². The van der Waals surface area contributed by atoms with Gasteiger partial charge in [0.15, 0.2) is 0 Å². The first-order chi connectivity index (χ1) is 3.81. The van der Waals surface area contributed by atoms with E-state index >= 15 is 0 Å². The van der Waals surface area contributed by atoms with Gasteiger partial charge in [0.1, 0.15) is 0 Å². The van der Waals surface area contributed by atoms with Crippen molar-refractivity contribution in [3.05, 3.63) is 0 Å². The lowest BCUT2D eigenvalue weighted by atomic mass is 10.9. The Balaban J connectivity index is 4.56. The fraction of sp³-hybridized carbons (Fsp3) is 1.00. The number of alkyl halides is 3. The highest BCUT2D eigenvalue weighted by atomic mass is 35.5. The van der Waals surface area contributed by atoms with Gasteiger partial charge in [0.05, 0.1) is 5.88 Å². The van der Waals surface area contributed by atoms with Crippen molar-refractivity contribution in [2.75, 3.05) is 5.88 Å². The van der Waals surface area contributed by atoms with E-state index in [4.69, 9.17) is 34.8 Å². The van der Waals surface area contributed by atoms with E-state index < -0.39 is 19.7 Å². The first-order valence-corrected chi connectivity index (χ1v) is 4.40. The standard InChI is InChI=1S/C2H2Cl3O3S/c3-1-2(4,5)9(6,7)8/h1H2. The molecule has 0 aromatic carbocycles. The summed E-state index contributed by atoms with van der Waals surface area (Å²) in [5.74, 6) is -0.637. The fourth-order valence-corrected chi connectivity index (χ4v) is 0.601. The molecular formula is C2H2Cl3O3S. The van der Waals surface area contributed by atoms with Crippen molar-refractivity contribution in [3.63, 3.8) is 0 Å². The second kappa shape index (κ2) is 2.80. The summed E-state index contributed by atoms with van der Waals surface area (Å²) in [5.41, 5.74) is 0. The predicted molar refractivity (Wildman–Crippen MR) is 34.8 cm³/mol. The van der Waals surface area contributed by atoms with Crippen molar-refractivity contribution in [2.45, 2.75) is 3.67 Å². The molecule has 0 N–H and O–H groups in total. The Kier molecular flexibility index (Phi) is 3.04. The van der Waals surface area contributed by atoms with Crippen LogP contribution in [0.1, 0.15) is 0 Å². The molecule has 0 bridgehead atoms. The topological polar surface area (TPSA) is 54.0 Å². The minimum atomic E-state index is -4.70. The Bertz CT molecular complexity index is 183. The summed E-state index contributed by atoms with van der Waals surface area (Å²) >= 11 is 14.8. The zero-order valence-corrected chi connectivity index (χ0v) is 7.06. The third-order valence-electron chi connectivity index (χ3n) is 0.521. The van der Waals surface area contributed by atoms with E-state index in [0.717, 1.165) is 0 Å². The largest absolute Gasteiger partial charge is 0.330 e. The van der Waals surface area contributed by atoms with Gasteiger partial charge < -0.3 is 0 Å². The summed E-state index contributed by atoms with van der Waals surface area (Å²) in [5, 5.41) is 0. The SMILES string of the molecule is [O]S(=O)(=O)C(Cl)(Cl)CCl. The second-order valence-corrected chi connectivity index (χ2v) is 5.03. The molecule has 1 radical (unpaired) electrons. The average Bonchev–Trinajstić information content (AvgIpc) is 1.64. The van der Waals surface area contributed by atoms with Crippen LogP contribution in [0.3, 0.4) is 0 Å². The van der Waals surface area contributed by atoms with Crippen LogP contribution in [0.5, 0.6) is 0 Å². The summed E-state index contributed by atoms with van der Waals surface area (Å²) in [7, 11) is -4.70. The molecule has 0 saturated heterocycles. The van der Waals surface area contributed by atoms with Crippen molar-refractivity contribution in [2.24, 2.45) is 0 Å². The number of hydrogen-bond acceptors (Lipinski definition) is 2. The summed E-state index contributed by atoms with van der Waals surface area (Å²) in [6, 6.07) is 0. The van der Waals surface area contributed by atoms with Crippen LogP contribution in [0.4, 0.5) is 0 Å². The summed E-state index contributed by atoms with van der Waals surface area (Å²) in [4.78, 5) is 0. The molecule has 0 unspecified atom stereocenters. The van der Waals surface area contributed by atoms with E-state index in [-0.39, 0.29) is 0 Å². The van der Waals surface area contributed by atoms with Gasteiger partial charge >= 0.3 is 10.1 Å². The molecule has 0 spiro atoms. The van der Waals surface area contributed by atoms with Gasteiger partial charge in [-0.2, -0.15) is 8.42 Å². The molecule has 0 atom stereocenters. The van der Waals surface area contributed by atoms with Gasteiger partial charge in [-0.25, -0.2) is 0 Å². The lowest BCUT2D eigenvalue weighted by Crippen LogP contribution is -2.26. The molecule has 0 aliphatic carbocycles. The van der Waals surface area contributed by atoms with E-state index in [0.29, 0.717) is 0 Å². The summed E-state index contributed by atoms with van der Waals surface area (Å²) in [6.45, 7) is 0. The van der Waals surface area contributed by atoms with Crippen LogP contribution in [0.15, 0.2) is 0 Å². The lowest BCUT2D eigenvalue weighted by Gasteiger charge is -2.08. The van der Waals surface area contributed by atoms with Gasteiger partial charge in [-0.15, -0.1) is 11.6 Å². The minimum absolute atomic E-state index is 0.637. The van der Waals surface area contributed by atoms with E-state index in [1.54, 1.807) is 0 Å². The number of hydrogen-bond donors (Lipinski definition) is 0. The zero-order chi connectivity index (χ0) is 7.71. The van der Waals surface area contributed by atoms with Gasteiger partial charge in [0, 0.05) is 0 Å².